The third-order valence-electron chi connectivity index (χ3n) is 5.79. The van der Waals surface area contributed by atoms with Gasteiger partial charge in [-0.05, 0) is 48.9 Å². The fourth-order valence-electron chi connectivity index (χ4n) is 4.04. The van der Waals surface area contributed by atoms with Gasteiger partial charge < -0.3 is 4.90 Å². The monoisotopic (exact) mass is 464 g/mol. The number of benzene rings is 2. The molecular formula is C25H28N4O3S. The second-order valence-corrected chi connectivity index (χ2v) is 9.83. The average molecular weight is 465 g/mol. The number of sulfonamides is 1. The first-order chi connectivity index (χ1) is 16.0. The number of aromatic nitrogens is 1. The van der Waals surface area contributed by atoms with E-state index in [9.17, 15) is 13.2 Å². The molecule has 0 saturated carbocycles. The van der Waals surface area contributed by atoms with Gasteiger partial charge in [-0.3, -0.25) is 19.0 Å². The van der Waals surface area contributed by atoms with Crippen LogP contribution in [0.3, 0.4) is 0 Å². The van der Waals surface area contributed by atoms with Gasteiger partial charge in [-0.1, -0.05) is 30.3 Å². The predicted octanol–water partition coefficient (Wildman–Crippen LogP) is 3.25. The van der Waals surface area contributed by atoms with Gasteiger partial charge in [0, 0.05) is 57.2 Å². The smallest absolute Gasteiger partial charge is 0.264 e. The molecule has 1 aromatic heterocycles. The highest BCUT2D eigenvalue weighted by Gasteiger charge is 2.26. The summed E-state index contributed by atoms with van der Waals surface area (Å²) in [7, 11) is -3.79. The minimum atomic E-state index is -3.79. The van der Waals surface area contributed by atoms with Crippen LogP contribution in [0.1, 0.15) is 22.8 Å². The molecule has 0 aliphatic carbocycles. The van der Waals surface area contributed by atoms with Crippen molar-refractivity contribution in [2.24, 2.45) is 0 Å². The normalized spacial score (nSPS) is 14.8. The summed E-state index contributed by atoms with van der Waals surface area (Å²) in [6, 6.07) is 19.3. The van der Waals surface area contributed by atoms with Crippen LogP contribution >= 0.6 is 0 Å². The number of piperazine rings is 1. The van der Waals surface area contributed by atoms with Crippen LogP contribution in [0.5, 0.6) is 0 Å². The Bertz CT molecular complexity index is 1180. The molecule has 3 aromatic rings. The SMILES string of the molecule is CCN(c1ccccc1)S(=O)(=O)c1cccc(C(=O)N2CCN(Cc3cccnc3)CC2)c1. The van der Waals surface area contributed by atoms with Crippen LogP contribution in [0.2, 0.25) is 0 Å². The van der Waals surface area contributed by atoms with E-state index in [-0.39, 0.29) is 10.8 Å². The number of carbonyl (C=O) groups excluding carboxylic acids is 1. The fourth-order valence-corrected chi connectivity index (χ4v) is 5.56. The van der Waals surface area contributed by atoms with Crippen LogP contribution in [0.25, 0.3) is 0 Å². The number of rotatable bonds is 7. The van der Waals surface area contributed by atoms with E-state index >= 15 is 0 Å². The van der Waals surface area contributed by atoms with Crippen LogP contribution in [-0.4, -0.2) is 61.8 Å². The van der Waals surface area contributed by atoms with E-state index < -0.39 is 10.0 Å². The van der Waals surface area contributed by atoms with Gasteiger partial charge in [-0.25, -0.2) is 8.42 Å². The Balaban J connectivity index is 1.46. The summed E-state index contributed by atoms with van der Waals surface area (Å²) >= 11 is 0. The van der Waals surface area contributed by atoms with Gasteiger partial charge in [0.1, 0.15) is 0 Å². The molecule has 4 rings (SSSR count). The molecule has 172 valence electrons. The van der Waals surface area contributed by atoms with Crippen LogP contribution in [0.15, 0.2) is 84.0 Å². The second kappa shape index (κ2) is 10.1. The molecule has 7 nitrogen and oxygen atoms in total. The predicted molar refractivity (Wildman–Crippen MR) is 129 cm³/mol. The quantitative estimate of drug-likeness (QED) is 0.537. The highest BCUT2D eigenvalue weighted by Crippen LogP contribution is 2.24. The van der Waals surface area contributed by atoms with E-state index in [4.69, 9.17) is 0 Å². The number of para-hydroxylation sites is 1. The zero-order valence-electron chi connectivity index (χ0n) is 18.7. The maximum absolute atomic E-state index is 13.3. The van der Waals surface area contributed by atoms with Gasteiger partial charge in [0.15, 0.2) is 0 Å². The first-order valence-electron chi connectivity index (χ1n) is 11.1. The molecule has 1 aliphatic rings. The molecule has 8 heteroatoms. The largest absolute Gasteiger partial charge is 0.336 e. The topological polar surface area (TPSA) is 73.8 Å². The van der Waals surface area contributed by atoms with Gasteiger partial charge in [0.05, 0.1) is 10.6 Å². The standard InChI is InChI=1S/C25H28N4O3S/c1-2-29(23-10-4-3-5-11-23)33(31,32)24-12-6-9-22(18-24)25(30)28-16-14-27(15-17-28)20-21-8-7-13-26-19-21/h3-13,18-19H,2,14-17,20H2,1H3. The number of hydrogen-bond acceptors (Lipinski definition) is 5. The molecule has 0 radical (unpaired) electrons. The number of hydrogen-bond donors (Lipinski definition) is 0. The lowest BCUT2D eigenvalue weighted by atomic mass is 10.1. The van der Waals surface area contributed by atoms with Gasteiger partial charge >= 0.3 is 0 Å². The number of amides is 1. The molecule has 0 N–H and O–H groups in total. The summed E-state index contributed by atoms with van der Waals surface area (Å²) in [6.07, 6.45) is 3.62. The lowest BCUT2D eigenvalue weighted by Gasteiger charge is -2.34. The van der Waals surface area contributed by atoms with Crippen LogP contribution < -0.4 is 4.31 Å². The number of pyridine rings is 1. The molecule has 0 unspecified atom stereocenters. The first-order valence-corrected chi connectivity index (χ1v) is 12.5. The van der Waals surface area contributed by atoms with Crippen molar-refractivity contribution in [3.63, 3.8) is 0 Å². The Morgan fingerprint density at radius 3 is 2.39 bits per heavy atom. The van der Waals surface area contributed by atoms with Gasteiger partial charge in [-0.15, -0.1) is 0 Å². The molecule has 0 spiro atoms. The first kappa shape index (κ1) is 22.9. The fraction of sp³-hybridized carbons (Fsp3) is 0.280. The molecule has 2 heterocycles. The third kappa shape index (κ3) is 5.23. The van der Waals surface area contributed by atoms with Crippen molar-refractivity contribution in [2.45, 2.75) is 18.4 Å². The van der Waals surface area contributed by atoms with E-state index in [1.807, 2.05) is 24.4 Å². The van der Waals surface area contributed by atoms with E-state index in [2.05, 4.69) is 9.88 Å². The molecular weight excluding hydrogens is 436 g/mol. The van der Waals surface area contributed by atoms with Gasteiger partial charge in [-0.2, -0.15) is 0 Å². The Labute approximate surface area is 195 Å². The zero-order valence-corrected chi connectivity index (χ0v) is 19.5. The van der Waals surface area contributed by atoms with Crippen molar-refractivity contribution in [3.05, 3.63) is 90.3 Å². The summed E-state index contributed by atoms with van der Waals surface area (Å²) in [5, 5.41) is 0. The Hall–Kier alpha value is -3.23. The molecule has 0 atom stereocenters. The molecule has 2 aromatic carbocycles. The zero-order chi connectivity index (χ0) is 23.3. The van der Waals surface area contributed by atoms with Gasteiger partial charge in [0.2, 0.25) is 0 Å². The Morgan fingerprint density at radius 2 is 1.73 bits per heavy atom. The minimum absolute atomic E-state index is 0.120. The lowest BCUT2D eigenvalue weighted by molar-refractivity contribution is 0.0628. The molecule has 0 bridgehead atoms. The van der Waals surface area contributed by atoms with E-state index in [0.29, 0.717) is 30.9 Å². The number of anilines is 1. The molecule has 1 aliphatic heterocycles. The Morgan fingerprint density at radius 1 is 0.970 bits per heavy atom. The molecule has 1 amide bonds. The van der Waals surface area contributed by atoms with E-state index in [1.54, 1.807) is 60.5 Å². The van der Waals surface area contributed by atoms with Crippen LogP contribution in [0, 0.1) is 0 Å². The van der Waals surface area contributed by atoms with Gasteiger partial charge in [0.25, 0.3) is 15.9 Å². The van der Waals surface area contributed by atoms with Crippen molar-refractivity contribution < 1.29 is 13.2 Å². The summed E-state index contributed by atoms with van der Waals surface area (Å²) in [5.41, 5.74) is 2.14. The molecule has 1 saturated heterocycles. The number of carbonyl (C=O) groups is 1. The third-order valence-corrected chi connectivity index (χ3v) is 7.69. The second-order valence-electron chi connectivity index (χ2n) is 7.96. The number of nitrogens with zero attached hydrogens (tertiary/aromatic N) is 4. The highest BCUT2D eigenvalue weighted by molar-refractivity contribution is 7.92. The van der Waals surface area contributed by atoms with Crippen LogP contribution in [0.4, 0.5) is 5.69 Å². The average Bonchev–Trinajstić information content (AvgIpc) is 2.86. The van der Waals surface area contributed by atoms with Crippen molar-refractivity contribution in [1.82, 2.24) is 14.8 Å². The lowest BCUT2D eigenvalue weighted by Crippen LogP contribution is -2.48. The highest BCUT2D eigenvalue weighted by atomic mass is 32.2. The summed E-state index contributed by atoms with van der Waals surface area (Å²) in [6.45, 7) is 5.61. The summed E-state index contributed by atoms with van der Waals surface area (Å²) < 4.78 is 28.0. The maximum Gasteiger partial charge on any atom is 0.264 e. The van der Waals surface area contributed by atoms with Crippen molar-refractivity contribution >= 4 is 21.6 Å². The van der Waals surface area contributed by atoms with Crippen LogP contribution in [-0.2, 0) is 16.6 Å². The maximum atomic E-state index is 13.3. The van der Waals surface area contributed by atoms with Crippen molar-refractivity contribution in [2.75, 3.05) is 37.0 Å². The Kier molecular flexibility index (Phi) is 7.05. The summed E-state index contributed by atoms with van der Waals surface area (Å²) in [4.78, 5) is 21.5. The molecule has 33 heavy (non-hydrogen) atoms. The summed E-state index contributed by atoms with van der Waals surface area (Å²) in [5.74, 6) is -0.143. The van der Waals surface area contributed by atoms with Crippen molar-refractivity contribution in [3.8, 4) is 0 Å². The minimum Gasteiger partial charge on any atom is -0.336 e. The van der Waals surface area contributed by atoms with E-state index in [0.717, 1.165) is 25.2 Å². The van der Waals surface area contributed by atoms with E-state index in [1.165, 1.54) is 10.4 Å². The molecule has 1 fully saturated rings. The van der Waals surface area contributed by atoms with Crippen molar-refractivity contribution in [1.29, 1.82) is 0 Å².